The number of benzene rings is 2. The van der Waals surface area contributed by atoms with Crippen molar-refractivity contribution in [2.75, 3.05) is 39.9 Å². The van der Waals surface area contributed by atoms with Gasteiger partial charge < -0.3 is 14.4 Å². The minimum absolute atomic E-state index is 0.0586. The summed E-state index contributed by atoms with van der Waals surface area (Å²) in [4.78, 5) is 14.4. The molecule has 2 aromatic rings. The molecule has 7 nitrogen and oxygen atoms in total. The molecule has 1 fully saturated rings. The predicted octanol–water partition coefficient (Wildman–Crippen LogP) is 2.22. The number of aryl methyl sites for hydroxylation is 2. The van der Waals surface area contributed by atoms with Gasteiger partial charge in [-0.3, -0.25) is 4.79 Å². The van der Waals surface area contributed by atoms with Gasteiger partial charge in [0.1, 0.15) is 11.5 Å². The lowest BCUT2D eigenvalue weighted by Crippen LogP contribution is -2.51. The molecule has 0 radical (unpaired) electrons. The van der Waals surface area contributed by atoms with Crippen molar-refractivity contribution in [3.05, 3.63) is 53.6 Å². The Morgan fingerprint density at radius 2 is 1.55 bits per heavy atom. The third-order valence-electron chi connectivity index (χ3n) is 5.04. The normalized spacial score (nSPS) is 15.2. The highest BCUT2D eigenvalue weighted by Crippen LogP contribution is 2.23. The van der Waals surface area contributed by atoms with Crippen LogP contribution in [0.15, 0.2) is 47.4 Å². The van der Waals surface area contributed by atoms with E-state index in [1.54, 1.807) is 17.0 Å². The average molecular weight is 419 g/mol. The number of nitrogens with zero attached hydrogens (tertiary/aromatic N) is 2. The number of hydrogen-bond acceptors (Lipinski definition) is 5. The monoisotopic (exact) mass is 418 g/mol. The predicted molar refractivity (Wildman–Crippen MR) is 110 cm³/mol. The lowest BCUT2D eigenvalue weighted by molar-refractivity contribution is -0.134. The van der Waals surface area contributed by atoms with Gasteiger partial charge in [0.15, 0.2) is 6.61 Å². The Morgan fingerprint density at radius 3 is 2.10 bits per heavy atom. The molecule has 0 N–H and O–H groups in total. The summed E-state index contributed by atoms with van der Waals surface area (Å²) in [5, 5.41) is 0. The first-order valence-electron chi connectivity index (χ1n) is 9.44. The first kappa shape index (κ1) is 21.1. The minimum atomic E-state index is -3.59. The van der Waals surface area contributed by atoms with Gasteiger partial charge in [0, 0.05) is 26.2 Å². The molecule has 29 heavy (non-hydrogen) atoms. The van der Waals surface area contributed by atoms with E-state index < -0.39 is 10.0 Å². The number of piperazine rings is 1. The maximum absolute atomic E-state index is 12.8. The maximum Gasteiger partial charge on any atom is 0.260 e. The summed E-state index contributed by atoms with van der Waals surface area (Å²) < 4.78 is 37.8. The van der Waals surface area contributed by atoms with Crippen molar-refractivity contribution >= 4 is 15.9 Å². The summed E-state index contributed by atoms with van der Waals surface area (Å²) in [6, 6.07) is 12.1. The molecule has 1 heterocycles. The van der Waals surface area contributed by atoms with E-state index in [2.05, 4.69) is 0 Å². The number of carbonyl (C=O) groups is 1. The van der Waals surface area contributed by atoms with Crippen LogP contribution in [0.1, 0.15) is 11.1 Å². The number of hydrogen-bond donors (Lipinski definition) is 0. The van der Waals surface area contributed by atoms with Gasteiger partial charge in [-0.1, -0.05) is 18.2 Å². The van der Waals surface area contributed by atoms with E-state index in [0.29, 0.717) is 18.8 Å². The summed E-state index contributed by atoms with van der Waals surface area (Å²) in [7, 11) is -2.06. The molecule has 3 rings (SSSR count). The number of methoxy groups -OCH3 is 1. The highest BCUT2D eigenvalue weighted by atomic mass is 32.2. The zero-order valence-corrected chi connectivity index (χ0v) is 17.7. The Hall–Kier alpha value is -2.58. The van der Waals surface area contributed by atoms with Crippen molar-refractivity contribution in [1.82, 2.24) is 9.21 Å². The fourth-order valence-electron chi connectivity index (χ4n) is 3.33. The molecule has 1 amide bonds. The Kier molecular flexibility index (Phi) is 6.44. The third kappa shape index (κ3) is 4.71. The van der Waals surface area contributed by atoms with E-state index >= 15 is 0 Å². The molecule has 0 saturated carbocycles. The standard InChI is InChI=1S/C21H26N2O5S/c1-16-5-4-6-17(2)21(16)28-15-20(24)22-11-13-23(14-12-22)29(25,26)19-9-7-18(27-3)8-10-19/h4-10H,11-15H2,1-3H3. The molecule has 0 atom stereocenters. The van der Waals surface area contributed by atoms with Crippen molar-refractivity contribution < 1.29 is 22.7 Å². The SMILES string of the molecule is COc1ccc(S(=O)(=O)N2CCN(C(=O)COc3c(C)cccc3C)CC2)cc1. The summed E-state index contributed by atoms with van der Waals surface area (Å²) in [6.07, 6.45) is 0. The second-order valence-corrected chi connectivity index (χ2v) is 8.91. The van der Waals surface area contributed by atoms with E-state index in [1.807, 2.05) is 32.0 Å². The van der Waals surface area contributed by atoms with Crippen LogP contribution in [0.3, 0.4) is 0 Å². The molecule has 1 saturated heterocycles. The fourth-order valence-corrected chi connectivity index (χ4v) is 4.75. The third-order valence-corrected chi connectivity index (χ3v) is 6.95. The average Bonchev–Trinajstić information content (AvgIpc) is 2.73. The minimum Gasteiger partial charge on any atom is -0.497 e. The zero-order chi connectivity index (χ0) is 21.0. The molecule has 0 aliphatic carbocycles. The molecule has 0 unspecified atom stereocenters. The van der Waals surface area contributed by atoms with Gasteiger partial charge in [0.25, 0.3) is 5.91 Å². The smallest absolute Gasteiger partial charge is 0.260 e. The quantitative estimate of drug-likeness (QED) is 0.719. The van der Waals surface area contributed by atoms with Crippen molar-refractivity contribution in [1.29, 1.82) is 0 Å². The number of para-hydroxylation sites is 1. The lowest BCUT2D eigenvalue weighted by Gasteiger charge is -2.34. The van der Waals surface area contributed by atoms with Gasteiger partial charge in [0.2, 0.25) is 10.0 Å². The molecule has 0 bridgehead atoms. The molecule has 2 aromatic carbocycles. The van der Waals surface area contributed by atoms with Crippen LogP contribution in [0.4, 0.5) is 0 Å². The van der Waals surface area contributed by atoms with E-state index in [1.165, 1.54) is 23.5 Å². The molecule has 0 aromatic heterocycles. The first-order chi connectivity index (χ1) is 13.8. The van der Waals surface area contributed by atoms with Crippen LogP contribution in [-0.4, -0.2) is 63.4 Å². The molecular weight excluding hydrogens is 392 g/mol. The Labute approximate surface area is 171 Å². The van der Waals surface area contributed by atoms with E-state index in [4.69, 9.17) is 9.47 Å². The number of sulfonamides is 1. The van der Waals surface area contributed by atoms with Crippen LogP contribution in [-0.2, 0) is 14.8 Å². The topological polar surface area (TPSA) is 76.2 Å². The van der Waals surface area contributed by atoms with Crippen LogP contribution in [0.2, 0.25) is 0 Å². The van der Waals surface area contributed by atoms with Crippen molar-refractivity contribution in [3.63, 3.8) is 0 Å². The summed E-state index contributed by atoms with van der Waals surface area (Å²) in [5.74, 6) is 1.18. The van der Waals surface area contributed by atoms with Crippen LogP contribution >= 0.6 is 0 Å². The first-order valence-corrected chi connectivity index (χ1v) is 10.9. The Bertz CT molecular complexity index is 945. The van der Waals surface area contributed by atoms with Gasteiger partial charge in [-0.05, 0) is 49.2 Å². The molecular formula is C21H26N2O5S. The van der Waals surface area contributed by atoms with E-state index in [0.717, 1.165) is 16.9 Å². The largest absolute Gasteiger partial charge is 0.497 e. The van der Waals surface area contributed by atoms with E-state index in [9.17, 15) is 13.2 Å². The highest BCUT2D eigenvalue weighted by Gasteiger charge is 2.30. The second-order valence-electron chi connectivity index (χ2n) is 6.97. The number of carbonyl (C=O) groups excluding carboxylic acids is 1. The maximum atomic E-state index is 12.8. The number of ether oxygens (including phenoxy) is 2. The van der Waals surface area contributed by atoms with Gasteiger partial charge >= 0.3 is 0 Å². The van der Waals surface area contributed by atoms with Gasteiger partial charge in [0.05, 0.1) is 12.0 Å². The summed E-state index contributed by atoms with van der Waals surface area (Å²) in [6.45, 7) is 5.00. The summed E-state index contributed by atoms with van der Waals surface area (Å²) in [5.41, 5.74) is 1.96. The molecule has 0 spiro atoms. The Morgan fingerprint density at radius 1 is 0.966 bits per heavy atom. The fraction of sp³-hybridized carbons (Fsp3) is 0.381. The van der Waals surface area contributed by atoms with Crippen LogP contribution in [0.25, 0.3) is 0 Å². The van der Waals surface area contributed by atoms with E-state index in [-0.39, 0.29) is 30.5 Å². The summed E-state index contributed by atoms with van der Waals surface area (Å²) >= 11 is 0. The van der Waals surface area contributed by atoms with Crippen LogP contribution in [0.5, 0.6) is 11.5 Å². The number of amides is 1. The Balaban J connectivity index is 1.57. The van der Waals surface area contributed by atoms with Gasteiger partial charge in [-0.25, -0.2) is 8.42 Å². The van der Waals surface area contributed by atoms with Crippen molar-refractivity contribution in [2.24, 2.45) is 0 Å². The van der Waals surface area contributed by atoms with Crippen LogP contribution in [0, 0.1) is 13.8 Å². The number of rotatable bonds is 6. The molecule has 156 valence electrons. The second kappa shape index (κ2) is 8.84. The van der Waals surface area contributed by atoms with Crippen molar-refractivity contribution in [2.45, 2.75) is 18.7 Å². The molecule has 8 heteroatoms. The zero-order valence-electron chi connectivity index (χ0n) is 16.9. The van der Waals surface area contributed by atoms with Crippen molar-refractivity contribution in [3.8, 4) is 11.5 Å². The van der Waals surface area contributed by atoms with Gasteiger partial charge in [-0.15, -0.1) is 0 Å². The lowest BCUT2D eigenvalue weighted by atomic mass is 10.1. The van der Waals surface area contributed by atoms with Crippen LogP contribution < -0.4 is 9.47 Å². The van der Waals surface area contributed by atoms with Gasteiger partial charge in [-0.2, -0.15) is 4.31 Å². The molecule has 1 aliphatic heterocycles. The highest BCUT2D eigenvalue weighted by molar-refractivity contribution is 7.89. The molecule has 1 aliphatic rings.